The Bertz CT molecular complexity index is 1860. The van der Waals surface area contributed by atoms with E-state index in [0.29, 0.717) is 40.7 Å². The normalized spacial score (nSPS) is 20.5. The van der Waals surface area contributed by atoms with Gasteiger partial charge < -0.3 is 10.2 Å². The molecular formula is C33H29F3N6O2. The number of carbonyl (C=O) groups excluding carboxylic acids is 2. The van der Waals surface area contributed by atoms with Crippen molar-refractivity contribution in [3.05, 3.63) is 95.3 Å². The van der Waals surface area contributed by atoms with Gasteiger partial charge in [-0.25, -0.2) is 22.8 Å². The van der Waals surface area contributed by atoms with Crippen molar-refractivity contribution in [3.63, 3.8) is 0 Å². The van der Waals surface area contributed by atoms with Gasteiger partial charge in [0.15, 0.2) is 0 Å². The Balaban J connectivity index is 1.19. The lowest BCUT2D eigenvalue weighted by Crippen LogP contribution is -2.52. The van der Waals surface area contributed by atoms with Crippen LogP contribution in [0.15, 0.2) is 72.0 Å². The summed E-state index contributed by atoms with van der Waals surface area (Å²) in [4.78, 5) is 38.2. The van der Waals surface area contributed by atoms with Crippen molar-refractivity contribution < 1.29 is 22.8 Å². The predicted octanol–water partition coefficient (Wildman–Crippen LogP) is 5.70. The van der Waals surface area contributed by atoms with E-state index in [-0.39, 0.29) is 13.0 Å². The number of aliphatic imine (C=N–C) groups is 1. The van der Waals surface area contributed by atoms with Crippen LogP contribution < -0.4 is 10.2 Å². The van der Waals surface area contributed by atoms with E-state index >= 15 is 0 Å². The van der Waals surface area contributed by atoms with E-state index in [4.69, 9.17) is 4.98 Å². The maximum absolute atomic E-state index is 14.8. The fourth-order valence-electron chi connectivity index (χ4n) is 6.46. The minimum Gasteiger partial charge on any atom is -0.348 e. The number of rotatable bonds is 5. The zero-order chi connectivity index (χ0) is 30.6. The summed E-state index contributed by atoms with van der Waals surface area (Å²) in [5.41, 5.74) is 5.05. The van der Waals surface area contributed by atoms with E-state index in [1.165, 1.54) is 17.0 Å². The van der Waals surface area contributed by atoms with E-state index in [2.05, 4.69) is 15.4 Å². The van der Waals surface area contributed by atoms with E-state index in [0.717, 1.165) is 22.7 Å². The van der Waals surface area contributed by atoms with Gasteiger partial charge in [-0.1, -0.05) is 6.08 Å². The number of hydrogen-bond donors (Lipinski definition) is 1. The third-order valence-corrected chi connectivity index (χ3v) is 8.63. The zero-order valence-corrected chi connectivity index (χ0v) is 23.9. The second kappa shape index (κ2) is 10.7. The molecule has 2 aromatic carbocycles. The summed E-state index contributed by atoms with van der Waals surface area (Å²) in [5, 5.41) is 7.68. The van der Waals surface area contributed by atoms with Crippen LogP contribution in [0.4, 0.5) is 18.9 Å². The molecule has 8 nitrogen and oxygen atoms in total. The smallest absolute Gasteiger partial charge is 0.251 e. The second-order valence-corrected chi connectivity index (χ2v) is 11.6. The number of nitrogens with one attached hydrogen (secondary N) is 1. The quantitative estimate of drug-likeness (QED) is 0.319. The number of benzene rings is 2. The van der Waals surface area contributed by atoms with Gasteiger partial charge in [0.1, 0.15) is 5.82 Å². The van der Waals surface area contributed by atoms with Crippen molar-refractivity contribution in [2.75, 3.05) is 11.4 Å². The number of allylic oxidation sites excluding steroid dienone is 1. The number of aromatic nitrogens is 3. The van der Waals surface area contributed by atoms with Gasteiger partial charge in [0.05, 0.1) is 39.9 Å². The van der Waals surface area contributed by atoms with Gasteiger partial charge in [-0.15, -0.1) is 0 Å². The number of aryl methyl sites for hydroxylation is 1. The van der Waals surface area contributed by atoms with Crippen LogP contribution in [-0.2, 0) is 11.2 Å². The van der Waals surface area contributed by atoms with Crippen LogP contribution in [0.1, 0.15) is 53.0 Å². The number of alkyl halides is 2. The van der Waals surface area contributed by atoms with Crippen molar-refractivity contribution in [1.29, 1.82) is 0 Å². The molecule has 4 aromatic rings. The SMILES string of the molecule is Cc1ccn(-c2ccc(C(=O)N[C@@H]3CCC(F)(F)C[C@@H]3C(=O)N3CCc4c(C5=NC=CC5)nc5ccc(F)cc5c43)cc2)n1. The molecule has 2 aromatic heterocycles. The minimum atomic E-state index is -3.06. The van der Waals surface area contributed by atoms with E-state index in [9.17, 15) is 22.8 Å². The fraction of sp³-hybridized carbons (Fsp3) is 0.303. The number of amides is 2. The largest absolute Gasteiger partial charge is 0.348 e. The predicted molar refractivity (Wildman–Crippen MR) is 160 cm³/mol. The summed E-state index contributed by atoms with van der Waals surface area (Å²) in [7, 11) is 0. The van der Waals surface area contributed by atoms with Crippen molar-refractivity contribution >= 4 is 34.1 Å². The van der Waals surface area contributed by atoms with Gasteiger partial charge in [0.2, 0.25) is 11.8 Å². The fourth-order valence-corrected chi connectivity index (χ4v) is 6.46. The number of fused-ring (bicyclic) bond motifs is 3. The first-order valence-electron chi connectivity index (χ1n) is 14.6. The molecule has 2 atom stereocenters. The topological polar surface area (TPSA) is 92.5 Å². The molecule has 44 heavy (non-hydrogen) atoms. The van der Waals surface area contributed by atoms with Gasteiger partial charge in [-0.05, 0) is 68.3 Å². The summed E-state index contributed by atoms with van der Waals surface area (Å²) in [6, 6.07) is 12.0. The molecule has 1 aliphatic carbocycles. The molecule has 3 aliphatic rings. The zero-order valence-electron chi connectivity index (χ0n) is 23.9. The molecular weight excluding hydrogens is 569 g/mol. The lowest BCUT2D eigenvalue weighted by atomic mass is 9.81. The van der Waals surface area contributed by atoms with Crippen LogP contribution in [0, 0.1) is 18.7 Å². The Morgan fingerprint density at radius 1 is 1.09 bits per heavy atom. The molecule has 0 spiro atoms. The molecule has 4 heterocycles. The summed E-state index contributed by atoms with van der Waals surface area (Å²) < 4.78 is 45.8. The van der Waals surface area contributed by atoms with E-state index in [1.54, 1.807) is 41.2 Å². The Hall–Kier alpha value is -4.80. The lowest BCUT2D eigenvalue weighted by molar-refractivity contribution is -0.131. The van der Waals surface area contributed by atoms with E-state index < -0.39 is 48.4 Å². The van der Waals surface area contributed by atoms with Crippen molar-refractivity contribution in [2.45, 2.75) is 51.0 Å². The molecule has 0 unspecified atom stereocenters. The molecule has 2 aliphatic heterocycles. The van der Waals surface area contributed by atoms with Crippen LogP contribution in [0.25, 0.3) is 16.6 Å². The van der Waals surface area contributed by atoms with Crippen LogP contribution in [0.5, 0.6) is 0 Å². The van der Waals surface area contributed by atoms with Crippen molar-refractivity contribution in [3.8, 4) is 5.69 Å². The van der Waals surface area contributed by atoms with Crippen LogP contribution in [0.3, 0.4) is 0 Å². The lowest BCUT2D eigenvalue weighted by Gasteiger charge is -2.37. The molecule has 2 amide bonds. The number of carbonyl (C=O) groups is 2. The Morgan fingerprint density at radius 2 is 1.91 bits per heavy atom. The van der Waals surface area contributed by atoms with Crippen LogP contribution in [0.2, 0.25) is 0 Å². The first-order valence-corrected chi connectivity index (χ1v) is 14.6. The molecule has 1 saturated carbocycles. The van der Waals surface area contributed by atoms with Gasteiger partial charge >= 0.3 is 0 Å². The third kappa shape index (κ3) is 5.06. The number of hydrogen-bond acceptors (Lipinski definition) is 5. The average Bonchev–Trinajstić information content (AvgIpc) is 3.79. The van der Waals surface area contributed by atoms with Gasteiger partial charge in [0, 0.05) is 60.8 Å². The van der Waals surface area contributed by atoms with Crippen molar-refractivity contribution in [1.82, 2.24) is 20.1 Å². The molecule has 1 fully saturated rings. The molecule has 0 saturated heterocycles. The minimum absolute atomic E-state index is 0.0556. The highest BCUT2D eigenvalue weighted by atomic mass is 19.3. The standard InChI is InChI=1S/C33H29F3N6O2/c1-19-11-16-42(40-19)22-7-4-20(5-8-22)31(43)39-27-10-13-33(35,36)18-25(27)32(44)41-15-12-23-29(28-3-2-14-37-28)38-26-9-6-21(34)17-24(26)30(23)41/h2,4-9,11,14,16-17,25,27H,3,10,12-13,15,18H2,1H3,(H,39,43)/t25-,27+/m0/s1. The Morgan fingerprint density at radius 3 is 2.64 bits per heavy atom. The summed E-state index contributed by atoms with van der Waals surface area (Å²) in [5.74, 6) is -5.70. The first-order chi connectivity index (χ1) is 21.2. The van der Waals surface area contributed by atoms with Crippen LogP contribution >= 0.6 is 0 Å². The average molecular weight is 599 g/mol. The molecule has 1 N–H and O–H groups in total. The van der Waals surface area contributed by atoms with Crippen molar-refractivity contribution in [2.24, 2.45) is 10.9 Å². The highest BCUT2D eigenvalue weighted by Crippen LogP contribution is 2.43. The first kappa shape index (κ1) is 28.0. The number of nitrogens with zero attached hydrogens (tertiary/aromatic N) is 5. The second-order valence-electron chi connectivity index (χ2n) is 11.6. The molecule has 0 radical (unpaired) electrons. The Labute approximate surface area is 251 Å². The third-order valence-electron chi connectivity index (χ3n) is 8.63. The number of pyridine rings is 1. The van der Waals surface area contributed by atoms with Gasteiger partial charge in [-0.3, -0.25) is 14.6 Å². The summed E-state index contributed by atoms with van der Waals surface area (Å²) in [6.45, 7) is 2.11. The maximum Gasteiger partial charge on any atom is 0.251 e. The molecule has 0 bridgehead atoms. The maximum atomic E-state index is 14.8. The number of anilines is 1. The number of halogens is 3. The van der Waals surface area contributed by atoms with E-state index in [1.807, 2.05) is 25.3 Å². The molecule has 11 heteroatoms. The summed E-state index contributed by atoms with van der Waals surface area (Å²) in [6.07, 6.45) is 5.22. The highest BCUT2D eigenvalue weighted by Gasteiger charge is 2.47. The monoisotopic (exact) mass is 598 g/mol. The highest BCUT2D eigenvalue weighted by molar-refractivity contribution is 6.12. The summed E-state index contributed by atoms with van der Waals surface area (Å²) >= 11 is 0. The Kier molecular flexibility index (Phi) is 6.83. The van der Waals surface area contributed by atoms with Crippen LogP contribution in [-0.4, -0.2) is 50.8 Å². The van der Waals surface area contributed by atoms with Gasteiger partial charge in [0.25, 0.3) is 5.91 Å². The molecule has 7 rings (SSSR count). The molecule has 224 valence electrons. The van der Waals surface area contributed by atoms with Gasteiger partial charge in [-0.2, -0.15) is 5.10 Å².